The van der Waals surface area contributed by atoms with Crippen LogP contribution in [0.4, 0.5) is 0 Å². The number of nitrogens with zero attached hydrogens (tertiary/aromatic N) is 1. The van der Waals surface area contributed by atoms with Gasteiger partial charge in [0.15, 0.2) is 0 Å². The van der Waals surface area contributed by atoms with Crippen molar-refractivity contribution >= 4 is 0 Å². The lowest BCUT2D eigenvalue weighted by atomic mass is 9.73. The first-order valence-electron chi connectivity index (χ1n) is 6.53. The summed E-state index contributed by atoms with van der Waals surface area (Å²) < 4.78 is 0. The first-order chi connectivity index (χ1) is 7.05. The second-order valence-electron chi connectivity index (χ2n) is 6.42. The van der Waals surface area contributed by atoms with E-state index in [2.05, 4.69) is 18.7 Å². The number of hydrogen-bond donors (Lipinski definition) is 1. The summed E-state index contributed by atoms with van der Waals surface area (Å²) in [5.41, 5.74) is 6.54. The lowest BCUT2D eigenvalue weighted by Crippen LogP contribution is -2.33. The molecule has 0 amide bonds. The Hall–Kier alpha value is -0.0800. The van der Waals surface area contributed by atoms with Crippen molar-refractivity contribution in [3.8, 4) is 0 Å². The molecule has 2 aliphatic rings. The van der Waals surface area contributed by atoms with Crippen molar-refractivity contribution < 1.29 is 0 Å². The minimum Gasteiger partial charge on any atom is -0.326 e. The molecule has 1 saturated carbocycles. The van der Waals surface area contributed by atoms with E-state index < -0.39 is 0 Å². The van der Waals surface area contributed by atoms with Crippen molar-refractivity contribution in [1.29, 1.82) is 0 Å². The van der Waals surface area contributed by atoms with Crippen LogP contribution in [0.25, 0.3) is 0 Å². The van der Waals surface area contributed by atoms with Gasteiger partial charge in [-0.3, -0.25) is 0 Å². The molecule has 0 aromatic carbocycles. The third kappa shape index (κ3) is 3.18. The quantitative estimate of drug-likeness (QED) is 0.757. The Balaban J connectivity index is 1.73. The molecule has 88 valence electrons. The van der Waals surface area contributed by atoms with E-state index in [-0.39, 0.29) is 0 Å². The molecule has 15 heavy (non-hydrogen) atoms. The fourth-order valence-electron chi connectivity index (χ4n) is 3.04. The molecular formula is C13H26N2. The molecule has 0 aromatic rings. The van der Waals surface area contributed by atoms with Crippen molar-refractivity contribution in [2.75, 3.05) is 19.6 Å². The van der Waals surface area contributed by atoms with Crippen LogP contribution in [0.3, 0.4) is 0 Å². The van der Waals surface area contributed by atoms with Gasteiger partial charge in [0.1, 0.15) is 0 Å². The van der Waals surface area contributed by atoms with Crippen LogP contribution in [0.5, 0.6) is 0 Å². The van der Waals surface area contributed by atoms with Gasteiger partial charge < -0.3 is 10.6 Å². The average Bonchev–Trinajstić information content (AvgIpc) is 2.55. The van der Waals surface area contributed by atoms with E-state index in [1.165, 1.54) is 45.2 Å². The van der Waals surface area contributed by atoms with E-state index in [4.69, 9.17) is 5.73 Å². The van der Waals surface area contributed by atoms with E-state index in [1.54, 1.807) is 0 Å². The Morgan fingerprint density at radius 1 is 1.20 bits per heavy atom. The molecule has 0 radical (unpaired) electrons. The molecule has 2 rings (SSSR count). The van der Waals surface area contributed by atoms with Gasteiger partial charge in [0, 0.05) is 19.1 Å². The Morgan fingerprint density at radius 2 is 1.87 bits per heavy atom. The van der Waals surface area contributed by atoms with Gasteiger partial charge >= 0.3 is 0 Å². The van der Waals surface area contributed by atoms with Crippen molar-refractivity contribution in [3.63, 3.8) is 0 Å². The minimum atomic E-state index is 0.449. The predicted molar refractivity (Wildman–Crippen MR) is 64.8 cm³/mol. The summed E-state index contributed by atoms with van der Waals surface area (Å²) >= 11 is 0. The summed E-state index contributed by atoms with van der Waals surface area (Å²) in [6.07, 6.45) is 6.89. The smallest absolute Gasteiger partial charge is 0.0180 e. The topological polar surface area (TPSA) is 29.3 Å². The van der Waals surface area contributed by atoms with E-state index in [0.29, 0.717) is 11.5 Å². The highest BCUT2D eigenvalue weighted by Crippen LogP contribution is 2.38. The number of hydrogen-bond acceptors (Lipinski definition) is 2. The lowest BCUT2D eigenvalue weighted by molar-refractivity contribution is 0.155. The van der Waals surface area contributed by atoms with Crippen LogP contribution in [0, 0.1) is 11.3 Å². The Labute approximate surface area is 94.2 Å². The lowest BCUT2D eigenvalue weighted by Gasteiger charge is -2.35. The van der Waals surface area contributed by atoms with Gasteiger partial charge in [-0.05, 0) is 50.0 Å². The SMILES string of the molecule is CC1(C)CCC(CN2CCC(N)C2)CC1. The maximum absolute atomic E-state index is 5.93. The van der Waals surface area contributed by atoms with Gasteiger partial charge in [0.2, 0.25) is 0 Å². The zero-order chi connectivity index (χ0) is 10.9. The molecule has 1 aliphatic heterocycles. The second-order valence-corrected chi connectivity index (χ2v) is 6.42. The largest absolute Gasteiger partial charge is 0.326 e. The van der Waals surface area contributed by atoms with Crippen LogP contribution >= 0.6 is 0 Å². The highest BCUT2D eigenvalue weighted by molar-refractivity contribution is 4.83. The molecule has 0 bridgehead atoms. The summed E-state index contributed by atoms with van der Waals surface area (Å²) in [7, 11) is 0. The number of rotatable bonds is 2. The molecule has 1 saturated heterocycles. The molecular weight excluding hydrogens is 184 g/mol. The summed E-state index contributed by atoms with van der Waals surface area (Å²) in [4.78, 5) is 2.58. The maximum Gasteiger partial charge on any atom is 0.0180 e. The van der Waals surface area contributed by atoms with Crippen LogP contribution < -0.4 is 5.73 Å². The molecule has 2 heteroatoms. The molecule has 2 nitrogen and oxygen atoms in total. The van der Waals surface area contributed by atoms with E-state index in [0.717, 1.165) is 12.5 Å². The van der Waals surface area contributed by atoms with E-state index >= 15 is 0 Å². The van der Waals surface area contributed by atoms with Gasteiger partial charge in [0.05, 0.1) is 0 Å². The van der Waals surface area contributed by atoms with Crippen molar-refractivity contribution in [2.45, 2.75) is 52.0 Å². The molecule has 0 aromatic heterocycles. The fraction of sp³-hybridized carbons (Fsp3) is 1.00. The average molecular weight is 210 g/mol. The molecule has 1 aliphatic carbocycles. The van der Waals surface area contributed by atoms with Crippen LogP contribution in [0.1, 0.15) is 46.0 Å². The van der Waals surface area contributed by atoms with Crippen molar-refractivity contribution in [1.82, 2.24) is 4.90 Å². The number of likely N-dealkylation sites (tertiary alicyclic amines) is 1. The zero-order valence-electron chi connectivity index (χ0n) is 10.3. The standard InChI is InChI=1S/C13H26N2/c1-13(2)6-3-11(4-7-13)9-15-8-5-12(14)10-15/h11-12H,3-10,14H2,1-2H3. The highest BCUT2D eigenvalue weighted by atomic mass is 15.2. The highest BCUT2D eigenvalue weighted by Gasteiger charge is 2.29. The summed E-state index contributed by atoms with van der Waals surface area (Å²) in [6.45, 7) is 8.51. The molecule has 1 heterocycles. The second kappa shape index (κ2) is 4.42. The maximum atomic E-state index is 5.93. The summed E-state index contributed by atoms with van der Waals surface area (Å²) in [5.74, 6) is 0.948. The molecule has 1 atom stereocenters. The van der Waals surface area contributed by atoms with E-state index in [9.17, 15) is 0 Å². The van der Waals surface area contributed by atoms with Gasteiger partial charge in [0.25, 0.3) is 0 Å². The molecule has 1 unspecified atom stereocenters. The van der Waals surface area contributed by atoms with Crippen LogP contribution in [-0.2, 0) is 0 Å². The number of nitrogens with two attached hydrogens (primary N) is 1. The van der Waals surface area contributed by atoms with Crippen LogP contribution in [0.15, 0.2) is 0 Å². The van der Waals surface area contributed by atoms with Crippen molar-refractivity contribution in [2.24, 2.45) is 17.1 Å². The van der Waals surface area contributed by atoms with Gasteiger partial charge in [-0.15, -0.1) is 0 Å². The van der Waals surface area contributed by atoms with Crippen molar-refractivity contribution in [3.05, 3.63) is 0 Å². The summed E-state index contributed by atoms with van der Waals surface area (Å²) in [6, 6.07) is 0.449. The predicted octanol–water partition coefficient (Wildman–Crippen LogP) is 2.24. The minimum absolute atomic E-state index is 0.449. The third-order valence-corrected chi connectivity index (χ3v) is 4.28. The zero-order valence-corrected chi connectivity index (χ0v) is 10.3. The Morgan fingerprint density at radius 3 is 2.40 bits per heavy atom. The molecule has 0 spiro atoms. The fourth-order valence-corrected chi connectivity index (χ4v) is 3.04. The normalized spacial score (nSPS) is 33.4. The van der Waals surface area contributed by atoms with Gasteiger partial charge in [-0.2, -0.15) is 0 Å². The Kier molecular flexibility index (Phi) is 3.36. The van der Waals surface area contributed by atoms with E-state index in [1.807, 2.05) is 0 Å². The van der Waals surface area contributed by atoms with Crippen LogP contribution in [-0.4, -0.2) is 30.6 Å². The molecule has 2 fully saturated rings. The molecule has 2 N–H and O–H groups in total. The summed E-state index contributed by atoms with van der Waals surface area (Å²) in [5, 5.41) is 0. The first-order valence-corrected chi connectivity index (χ1v) is 6.53. The monoisotopic (exact) mass is 210 g/mol. The van der Waals surface area contributed by atoms with Crippen LogP contribution in [0.2, 0.25) is 0 Å². The van der Waals surface area contributed by atoms with Gasteiger partial charge in [-0.1, -0.05) is 13.8 Å². The first kappa shape index (κ1) is 11.4. The third-order valence-electron chi connectivity index (χ3n) is 4.28. The Bertz CT molecular complexity index is 203. The van der Waals surface area contributed by atoms with Gasteiger partial charge in [-0.25, -0.2) is 0 Å².